The molecule has 5 rings (SSSR count). The average Bonchev–Trinajstić information content (AvgIpc) is 3.58. The van der Waals surface area contributed by atoms with Crippen LogP contribution < -0.4 is 9.62 Å². The van der Waals surface area contributed by atoms with Gasteiger partial charge >= 0.3 is 0 Å². The lowest BCUT2D eigenvalue weighted by Gasteiger charge is -2.18. The van der Waals surface area contributed by atoms with Gasteiger partial charge in [-0.2, -0.15) is 0 Å². The van der Waals surface area contributed by atoms with Gasteiger partial charge < -0.3 is 4.90 Å². The number of hydrogen-bond acceptors (Lipinski definition) is 3. The standard InChI is InChI=1S/C21H20N2O2S/c24-19(22-26-16-9-10-16)15-7-5-14(6-8-15)13-23-18-4-2-1-3-17(18)21(11-12-21)20(23)25/h1-8,16H,9-13H2,(H,22,24). The molecule has 2 aromatic carbocycles. The molecule has 2 aromatic rings. The molecule has 0 bridgehead atoms. The van der Waals surface area contributed by atoms with Crippen LogP contribution in [0.15, 0.2) is 48.5 Å². The Balaban J connectivity index is 1.32. The van der Waals surface area contributed by atoms with Gasteiger partial charge in [-0.1, -0.05) is 30.3 Å². The molecular formula is C21H20N2O2S. The quantitative estimate of drug-likeness (QED) is 0.821. The average molecular weight is 364 g/mol. The Bertz CT molecular complexity index is 885. The molecule has 26 heavy (non-hydrogen) atoms. The van der Waals surface area contributed by atoms with E-state index in [-0.39, 0.29) is 17.2 Å². The monoisotopic (exact) mass is 364 g/mol. The molecule has 3 aliphatic rings. The van der Waals surface area contributed by atoms with E-state index in [9.17, 15) is 9.59 Å². The smallest absolute Gasteiger partial charge is 0.261 e. The topological polar surface area (TPSA) is 49.4 Å². The summed E-state index contributed by atoms with van der Waals surface area (Å²) in [5.41, 5.74) is 3.66. The maximum Gasteiger partial charge on any atom is 0.261 e. The highest BCUT2D eigenvalue weighted by Crippen LogP contribution is 2.57. The third kappa shape index (κ3) is 2.62. The molecule has 5 heteroatoms. The fraction of sp³-hybridized carbons (Fsp3) is 0.333. The summed E-state index contributed by atoms with van der Waals surface area (Å²) < 4.78 is 2.91. The fourth-order valence-electron chi connectivity index (χ4n) is 3.69. The summed E-state index contributed by atoms with van der Waals surface area (Å²) in [6.45, 7) is 0.552. The van der Waals surface area contributed by atoms with Crippen LogP contribution in [0.25, 0.3) is 0 Å². The van der Waals surface area contributed by atoms with E-state index in [2.05, 4.69) is 10.8 Å². The predicted molar refractivity (Wildman–Crippen MR) is 103 cm³/mol. The van der Waals surface area contributed by atoms with Gasteiger partial charge in [-0.3, -0.25) is 14.3 Å². The zero-order chi connectivity index (χ0) is 17.7. The second-order valence-electron chi connectivity index (χ2n) is 7.44. The molecule has 0 radical (unpaired) electrons. The number of fused-ring (bicyclic) bond motifs is 2. The minimum atomic E-state index is -0.254. The zero-order valence-electron chi connectivity index (χ0n) is 14.4. The van der Waals surface area contributed by atoms with Crippen LogP contribution in [-0.4, -0.2) is 17.1 Å². The van der Waals surface area contributed by atoms with E-state index in [4.69, 9.17) is 0 Å². The molecular weight excluding hydrogens is 344 g/mol. The summed E-state index contributed by atoms with van der Waals surface area (Å²) in [4.78, 5) is 27.0. The highest BCUT2D eigenvalue weighted by Gasteiger charge is 2.58. The van der Waals surface area contributed by atoms with Crippen LogP contribution in [0.4, 0.5) is 5.69 Å². The lowest BCUT2D eigenvalue weighted by molar-refractivity contribution is -0.120. The SMILES string of the molecule is O=C(NSC1CC1)c1ccc(CN2C(=O)C3(CC3)c3ccccc32)cc1. The fourth-order valence-corrected chi connectivity index (χ4v) is 4.45. The van der Waals surface area contributed by atoms with E-state index in [1.54, 1.807) is 0 Å². The summed E-state index contributed by atoms with van der Waals surface area (Å²) in [5.74, 6) is 0.175. The molecule has 0 aromatic heterocycles. The Morgan fingerprint density at radius 1 is 1.12 bits per heavy atom. The van der Waals surface area contributed by atoms with Crippen molar-refractivity contribution in [3.63, 3.8) is 0 Å². The normalized spacial score (nSPS) is 19.5. The summed E-state index contributed by atoms with van der Waals surface area (Å²) in [6, 6.07) is 15.7. The lowest BCUT2D eigenvalue weighted by Crippen LogP contribution is -2.31. The summed E-state index contributed by atoms with van der Waals surface area (Å²) in [7, 11) is 0. The van der Waals surface area contributed by atoms with Crippen LogP contribution in [0.2, 0.25) is 0 Å². The van der Waals surface area contributed by atoms with Crippen LogP contribution in [0, 0.1) is 0 Å². The predicted octanol–water partition coefficient (Wildman–Crippen LogP) is 3.81. The van der Waals surface area contributed by atoms with Crippen LogP contribution in [0.5, 0.6) is 0 Å². The number of carbonyl (C=O) groups excluding carboxylic acids is 2. The highest BCUT2D eigenvalue weighted by molar-refractivity contribution is 7.98. The van der Waals surface area contributed by atoms with Gasteiger partial charge in [-0.25, -0.2) is 0 Å². The second-order valence-corrected chi connectivity index (χ2v) is 8.54. The minimum absolute atomic E-state index is 0.0482. The van der Waals surface area contributed by atoms with Crippen molar-refractivity contribution >= 4 is 29.4 Å². The first-order valence-corrected chi connectivity index (χ1v) is 10.0. The van der Waals surface area contributed by atoms with Crippen molar-refractivity contribution in [2.24, 2.45) is 0 Å². The third-order valence-corrected chi connectivity index (χ3v) is 6.62. The van der Waals surface area contributed by atoms with Crippen molar-refractivity contribution in [3.05, 3.63) is 65.2 Å². The second kappa shape index (κ2) is 5.88. The number of amides is 2. The Labute approximate surface area is 157 Å². The minimum Gasteiger partial charge on any atom is -0.307 e. The maximum absolute atomic E-state index is 12.9. The van der Waals surface area contributed by atoms with Gasteiger partial charge in [0.15, 0.2) is 0 Å². The number of anilines is 1. The van der Waals surface area contributed by atoms with Gasteiger partial charge in [0.05, 0.1) is 12.0 Å². The molecule has 4 nitrogen and oxygen atoms in total. The van der Waals surface area contributed by atoms with E-state index in [0.29, 0.717) is 17.4 Å². The zero-order valence-corrected chi connectivity index (χ0v) is 15.2. The molecule has 1 aliphatic heterocycles. The summed E-state index contributed by atoms with van der Waals surface area (Å²) in [6.07, 6.45) is 4.29. The molecule has 2 aliphatic carbocycles. The number of carbonyl (C=O) groups is 2. The first-order chi connectivity index (χ1) is 12.7. The first kappa shape index (κ1) is 15.9. The van der Waals surface area contributed by atoms with Crippen LogP contribution in [-0.2, 0) is 16.8 Å². The van der Waals surface area contributed by atoms with Crippen molar-refractivity contribution in [1.82, 2.24) is 4.72 Å². The van der Waals surface area contributed by atoms with E-state index < -0.39 is 0 Å². The van der Waals surface area contributed by atoms with Crippen molar-refractivity contribution in [3.8, 4) is 0 Å². The van der Waals surface area contributed by atoms with Crippen molar-refractivity contribution in [1.29, 1.82) is 0 Å². The molecule has 132 valence electrons. The van der Waals surface area contributed by atoms with Crippen molar-refractivity contribution in [2.45, 2.75) is 42.9 Å². The van der Waals surface area contributed by atoms with Crippen molar-refractivity contribution < 1.29 is 9.59 Å². The molecule has 1 spiro atoms. The van der Waals surface area contributed by atoms with Crippen LogP contribution in [0.3, 0.4) is 0 Å². The molecule has 2 fully saturated rings. The summed E-state index contributed by atoms with van der Waals surface area (Å²) in [5, 5.41) is 0.592. The van der Waals surface area contributed by atoms with Gasteiger partial charge in [0, 0.05) is 16.5 Å². The third-order valence-electron chi connectivity index (χ3n) is 5.51. The van der Waals surface area contributed by atoms with Crippen molar-refractivity contribution in [2.75, 3.05) is 4.90 Å². The Hall–Kier alpha value is -2.27. The molecule has 1 heterocycles. The number of rotatable bonds is 5. The van der Waals surface area contributed by atoms with Gasteiger partial charge in [0.25, 0.3) is 5.91 Å². The molecule has 1 N–H and O–H groups in total. The van der Waals surface area contributed by atoms with Crippen LogP contribution >= 0.6 is 11.9 Å². The van der Waals surface area contributed by atoms with E-state index in [0.717, 1.165) is 24.1 Å². The summed E-state index contributed by atoms with van der Waals surface area (Å²) >= 11 is 1.52. The van der Waals surface area contributed by atoms with Gasteiger partial charge in [0.2, 0.25) is 5.91 Å². The van der Waals surface area contributed by atoms with Gasteiger partial charge in [-0.15, -0.1) is 0 Å². The number of hydrogen-bond donors (Lipinski definition) is 1. The Morgan fingerprint density at radius 2 is 1.85 bits per heavy atom. The number of para-hydroxylation sites is 1. The molecule has 0 saturated heterocycles. The Morgan fingerprint density at radius 3 is 2.54 bits per heavy atom. The molecule has 0 atom stereocenters. The lowest BCUT2D eigenvalue weighted by atomic mass is 9.98. The Kier molecular flexibility index (Phi) is 3.60. The molecule has 2 saturated carbocycles. The highest BCUT2D eigenvalue weighted by atomic mass is 32.2. The van der Waals surface area contributed by atoms with Gasteiger partial charge in [0.1, 0.15) is 0 Å². The maximum atomic E-state index is 12.9. The molecule has 0 unspecified atom stereocenters. The molecule has 2 amide bonds. The first-order valence-electron chi connectivity index (χ1n) is 9.14. The van der Waals surface area contributed by atoms with E-state index >= 15 is 0 Å². The number of nitrogens with one attached hydrogen (secondary N) is 1. The van der Waals surface area contributed by atoms with E-state index in [1.165, 1.54) is 30.4 Å². The number of nitrogens with zero attached hydrogens (tertiary/aromatic N) is 1. The van der Waals surface area contributed by atoms with Gasteiger partial charge in [-0.05, 0) is 67.0 Å². The van der Waals surface area contributed by atoms with Crippen LogP contribution in [0.1, 0.15) is 47.2 Å². The van der Waals surface area contributed by atoms with E-state index in [1.807, 2.05) is 47.4 Å². The largest absolute Gasteiger partial charge is 0.307 e. The number of benzene rings is 2.